The van der Waals surface area contributed by atoms with Crippen LogP contribution in [0.5, 0.6) is 0 Å². The quantitative estimate of drug-likeness (QED) is 0.811. The van der Waals surface area contributed by atoms with Gasteiger partial charge in [-0.2, -0.15) is 5.10 Å². The Hall–Kier alpha value is -2.23. The standard InChI is InChI=1S/C20H31N7O2/c1-15-21-12-17(23-15)20(28)27-9-10-29-18(19(27)16-11-22-25(3)13-16)14-26-6-4-5-24(2)7-8-26/h11-13,18-19H,4-10,14H2,1-3H3,(H,21,23). The second kappa shape index (κ2) is 8.64. The zero-order valence-electron chi connectivity index (χ0n) is 17.5. The molecule has 0 bridgehead atoms. The van der Waals surface area contributed by atoms with Gasteiger partial charge in [-0.3, -0.25) is 14.4 Å². The van der Waals surface area contributed by atoms with Crippen molar-refractivity contribution in [2.24, 2.45) is 7.05 Å². The molecule has 2 aliphatic heterocycles. The summed E-state index contributed by atoms with van der Waals surface area (Å²) in [7, 11) is 4.07. The van der Waals surface area contributed by atoms with E-state index in [0.717, 1.165) is 50.5 Å². The van der Waals surface area contributed by atoms with Gasteiger partial charge in [-0.25, -0.2) is 4.98 Å². The predicted octanol–water partition coefficient (Wildman–Crippen LogP) is 0.671. The maximum absolute atomic E-state index is 13.3. The van der Waals surface area contributed by atoms with Gasteiger partial charge in [-0.15, -0.1) is 0 Å². The Morgan fingerprint density at radius 2 is 2.07 bits per heavy atom. The minimum Gasteiger partial charge on any atom is -0.373 e. The van der Waals surface area contributed by atoms with Crippen LogP contribution in [0.4, 0.5) is 0 Å². The summed E-state index contributed by atoms with van der Waals surface area (Å²) in [5.74, 6) is 0.702. The van der Waals surface area contributed by atoms with Gasteiger partial charge in [0.05, 0.1) is 31.1 Å². The highest BCUT2D eigenvalue weighted by atomic mass is 16.5. The predicted molar refractivity (Wildman–Crippen MR) is 109 cm³/mol. The summed E-state index contributed by atoms with van der Waals surface area (Å²) >= 11 is 0. The molecule has 0 spiro atoms. The van der Waals surface area contributed by atoms with E-state index in [1.165, 1.54) is 0 Å². The Labute approximate surface area is 171 Å². The van der Waals surface area contributed by atoms with Crippen LogP contribution in [0.3, 0.4) is 0 Å². The first kappa shape index (κ1) is 20.1. The molecule has 2 aromatic rings. The number of likely N-dealkylation sites (N-methyl/N-ethyl adjacent to an activating group) is 1. The number of carbonyl (C=O) groups excluding carboxylic acids is 1. The van der Waals surface area contributed by atoms with Crippen LogP contribution in [0.2, 0.25) is 0 Å². The van der Waals surface area contributed by atoms with Crippen molar-refractivity contribution in [3.8, 4) is 0 Å². The number of ether oxygens (including phenoxy) is 1. The first-order valence-electron chi connectivity index (χ1n) is 10.3. The SMILES string of the molecule is Cc1ncc(C(=O)N2CCOC(CN3CCCN(C)CC3)C2c2cnn(C)c2)[nH]1. The molecular weight excluding hydrogens is 370 g/mol. The minimum atomic E-state index is -0.172. The molecule has 2 unspecified atom stereocenters. The van der Waals surface area contributed by atoms with Crippen molar-refractivity contribution in [1.82, 2.24) is 34.4 Å². The maximum atomic E-state index is 13.3. The largest absolute Gasteiger partial charge is 0.373 e. The Kier molecular flexibility index (Phi) is 5.98. The summed E-state index contributed by atoms with van der Waals surface area (Å²) in [6, 6.07) is -0.172. The number of nitrogens with zero attached hydrogens (tertiary/aromatic N) is 6. The molecule has 4 rings (SSSR count). The fraction of sp³-hybridized carbons (Fsp3) is 0.650. The van der Waals surface area contributed by atoms with Gasteiger partial charge in [0.1, 0.15) is 11.5 Å². The number of H-pyrrole nitrogens is 1. The molecule has 29 heavy (non-hydrogen) atoms. The van der Waals surface area contributed by atoms with Gasteiger partial charge in [0, 0.05) is 45.0 Å². The van der Waals surface area contributed by atoms with Gasteiger partial charge in [-0.1, -0.05) is 0 Å². The van der Waals surface area contributed by atoms with Crippen LogP contribution in [-0.4, -0.2) is 99.4 Å². The summed E-state index contributed by atoms with van der Waals surface area (Å²) in [6.45, 7) is 8.00. The molecule has 2 atom stereocenters. The second-order valence-corrected chi connectivity index (χ2v) is 8.14. The number of aromatic amines is 1. The van der Waals surface area contributed by atoms with Crippen LogP contribution >= 0.6 is 0 Å². The van der Waals surface area contributed by atoms with E-state index < -0.39 is 0 Å². The average Bonchev–Trinajstić information content (AvgIpc) is 3.27. The summed E-state index contributed by atoms with van der Waals surface area (Å²) in [4.78, 5) is 27.3. The lowest BCUT2D eigenvalue weighted by molar-refractivity contribution is -0.0724. The minimum absolute atomic E-state index is 0.0386. The summed E-state index contributed by atoms with van der Waals surface area (Å²) in [6.07, 6.45) is 6.51. The molecule has 1 N–H and O–H groups in total. The molecule has 2 saturated heterocycles. The third-order valence-corrected chi connectivity index (χ3v) is 5.86. The zero-order valence-corrected chi connectivity index (χ0v) is 17.5. The molecule has 9 nitrogen and oxygen atoms in total. The molecule has 2 fully saturated rings. The topological polar surface area (TPSA) is 82.5 Å². The normalized spacial score (nSPS) is 24.6. The number of morpholine rings is 1. The number of nitrogens with one attached hydrogen (secondary N) is 1. The molecule has 9 heteroatoms. The highest BCUT2D eigenvalue weighted by Gasteiger charge is 2.39. The lowest BCUT2D eigenvalue weighted by atomic mass is 9.99. The fourth-order valence-electron chi connectivity index (χ4n) is 4.32. The number of imidazole rings is 1. The van der Waals surface area contributed by atoms with Crippen LogP contribution in [0.15, 0.2) is 18.6 Å². The van der Waals surface area contributed by atoms with E-state index in [1.807, 2.05) is 31.3 Å². The van der Waals surface area contributed by atoms with E-state index in [2.05, 4.69) is 31.9 Å². The van der Waals surface area contributed by atoms with E-state index >= 15 is 0 Å². The molecule has 0 aliphatic carbocycles. The summed E-state index contributed by atoms with van der Waals surface area (Å²) in [5.41, 5.74) is 1.53. The third-order valence-electron chi connectivity index (χ3n) is 5.86. The maximum Gasteiger partial charge on any atom is 0.272 e. The van der Waals surface area contributed by atoms with E-state index in [9.17, 15) is 4.79 Å². The monoisotopic (exact) mass is 401 g/mol. The highest BCUT2D eigenvalue weighted by molar-refractivity contribution is 5.92. The first-order valence-corrected chi connectivity index (χ1v) is 10.3. The number of carbonyl (C=O) groups is 1. The number of aryl methyl sites for hydroxylation is 2. The smallest absolute Gasteiger partial charge is 0.272 e. The molecule has 0 saturated carbocycles. The Balaban J connectivity index is 1.58. The molecule has 0 aromatic carbocycles. The van der Waals surface area contributed by atoms with Gasteiger partial charge in [-0.05, 0) is 33.5 Å². The van der Waals surface area contributed by atoms with Crippen molar-refractivity contribution < 1.29 is 9.53 Å². The summed E-state index contributed by atoms with van der Waals surface area (Å²) < 4.78 is 8.02. The van der Waals surface area contributed by atoms with E-state index in [0.29, 0.717) is 18.8 Å². The molecule has 1 amide bonds. The van der Waals surface area contributed by atoms with Crippen LogP contribution in [0.25, 0.3) is 0 Å². The van der Waals surface area contributed by atoms with Crippen molar-refractivity contribution in [3.05, 3.63) is 35.7 Å². The van der Waals surface area contributed by atoms with Gasteiger partial charge < -0.3 is 19.5 Å². The van der Waals surface area contributed by atoms with E-state index in [-0.39, 0.29) is 18.1 Å². The number of amides is 1. The molecule has 2 aliphatic rings. The molecule has 4 heterocycles. The fourth-order valence-corrected chi connectivity index (χ4v) is 4.32. The van der Waals surface area contributed by atoms with Crippen molar-refractivity contribution in [1.29, 1.82) is 0 Å². The number of rotatable bonds is 4. The van der Waals surface area contributed by atoms with Gasteiger partial charge in [0.15, 0.2) is 0 Å². The van der Waals surface area contributed by atoms with Crippen molar-refractivity contribution in [2.45, 2.75) is 25.5 Å². The van der Waals surface area contributed by atoms with Gasteiger partial charge in [0.2, 0.25) is 0 Å². The summed E-state index contributed by atoms with van der Waals surface area (Å²) in [5, 5.41) is 4.35. The van der Waals surface area contributed by atoms with Crippen LogP contribution < -0.4 is 0 Å². The van der Waals surface area contributed by atoms with Crippen molar-refractivity contribution in [2.75, 3.05) is 52.9 Å². The Bertz CT molecular complexity index is 832. The lowest BCUT2D eigenvalue weighted by Crippen LogP contribution is -2.52. The highest BCUT2D eigenvalue weighted by Crippen LogP contribution is 2.31. The van der Waals surface area contributed by atoms with E-state index in [1.54, 1.807) is 10.9 Å². The van der Waals surface area contributed by atoms with Crippen molar-refractivity contribution >= 4 is 5.91 Å². The average molecular weight is 402 g/mol. The zero-order chi connectivity index (χ0) is 20.4. The van der Waals surface area contributed by atoms with Crippen LogP contribution in [-0.2, 0) is 11.8 Å². The van der Waals surface area contributed by atoms with Crippen molar-refractivity contribution in [3.63, 3.8) is 0 Å². The molecule has 158 valence electrons. The number of hydrogen-bond acceptors (Lipinski definition) is 6. The lowest BCUT2D eigenvalue weighted by Gasteiger charge is -2.42. The first-order chi connectivity index (χ1) is 14.0. The van der Waals surface area contributed by atoms with Gasteiger partial charge in [0.25, 0.3) is 5.91 Å². The Morgan fingerprint density at radius 3 is 2.79 bits per heavy atom. The Morgan fingerprint density at radius 1 is 1.21 bits per heavy atom. The van der Waals surface area contributed by atoms with Crippen LogP contribution in [0, 0.1) is 6.92 Å². The number of aromatic nitrogens is 4. The number of hydrogen-bond donors (Lipinski definition) is 1. The molecule has 0 radical (unpaired) electrons. The van der Waals surface area contributed by atoms with Crippen LogP contribution in [0.1, 0.15) is 34.3 Å². The second-order valence-electron chi connectivity index (χ2n) is 8.14. The molecular formula is C20H31N7O2. The molecule has 2 aromatic heterocycles. The van der Waals surface area contributed by atoms with Gasteiger partial charge >= 0.3 is 0 Å². The van der Waals surface area contributed by atoms with E-state index in [4.69, 9.17) is 4.74 Å². The third kappa shape index (κ3) is 4.52.